The van der Waals surface area contributed by atoms with Crippen LogP contribution < -0.4 is 10.1 Å². The second-order valence-electron chi connectivity index (χ2n) is 5.36. The second-order valence-corrected chi connectivity index (χ2v) is 5.36. The Hall–Kier alpha value is -1.55. The number of likely N-dealkylation sites (N-methyl/N-ethyl adjacent to an activating group) is 1. The molecule has 0 aromatic heterocycles. The van der Waals surface area contributed by atoms with Crippen LogP contribution in [0.3, 0.4) is 0 Å². The van der Waals surface area contributed by atoms with Crippen molar-refractivity contribution in [2.24, 2.45) is 0 Å². The van der Waals surface area contributed by atoms with E-state index in [4.69, 9.17) is 9.84 Å². The lowest BCUT2D eigenvalue weighted by atomic mass is 9.98. The molecule has 2 unspecified atom stereocenters. The van der Waals surface area contributed by atoms with E-state index in [1.54, 1.807) is 14.0 Å². The molecule has 1 rings (SSSR count). The van der Waals surface area contributed by atoms with Gasteiger partial charge in [-0.2, -0.15) is 0 Å². The summed E-state index contributed by atoms with van der Waals surface area (Å²) in [7, 11) is 1.65. The number of carbonyl (C=O) groups is 1. The summed E-state index contributed by atoms with van der Waals surface area (Å²) in [5, 5.41) is 12.0. The van der Waals surface area contributed by atoms with E-state index in [1.165, 1.54) is 5.56 Å². The number of carboxylic acid groups (broad SMARTS) is 1. The van der Waals surface area contributed by atoms with E-state index in [9.17, 15) is 4.79 Å². The number of benzene rings is 1. The second kappa shape index (κ2) is 7.29. The molecule has 1 aromatic rings. The van der Waals surface area contributed by atoms with Gasteiger partial charge in [-0.25, -0.2) is 0 Å². The maximum atomic E-state index is 11.1. The van der Waals surface area contributed by atoms with Crippen LogP contribution in [0.1, 0.15) is 45.1 Å². The van der Waals surface area contributed by atoms with Gasteiger partial charge in [0.1, 0.15) is 11.3 Å². The summed E-state index contributed by atoms with van der Waals surface area (Å²) in [6.07, 6.45) is 1.52. The average molecular weight is 279 g/mol. The van der Waals surface area contributed by atoms with E-state index in [0.717, 1.165) is 12.2 Å². The highest BCUT2D eigenvalue weighted by molar-refractivity contribution is 5.78. The van der Waals surface area contributed by atoms with E-state index in [2.05, 4.69) is 31.3 Å². The Morgan fingerprint density at radius 2 is 2.00 bits per heavy atom. The van der Waals surface area contributed by atoms with Crippen LogP contribution in [-0.2, 0) is 4.79 Å². The number of carboxylic acids is 1. The monoisotopic (exact) mass is 279 g/mol. The fourth-order valence-corrected chi connectivity index (χ4v) is 1.84. The van der Waals surface area contributed by atoms with Crippen molar-refractivity contribution in [1.82, 2.24) is 5.32 Å². The van der Waals surface area contributed by atoms with E-state index in [-0.39, 0.29) is 0 Å². The van der Waals surface area contributed by atoms with Gasteiger partial charge in [0.05, 0.1) is 6.61 Å². The molecule has 0 amide bonds. The Morgan fingerprint density at radius 3 is 2.45 bits per heavy atom. The fraction of sp³-hybridized carbons (Fsp3) is 0.562. The molecular formula is C16H25NO3. The van der Waals surface area contributed by atoms with E-state index < -0.39 is 11.5 Å². The average Bonchev–Trinajstić information content (AvgIpc) is 2.46. The van der Waals surface area contributed by atoms with Gasteiger partial charge in [0, 0.05) is 6.42 Å². The first kappa shape index (κ1) is 16.5. The van der Waals surface area contributed by atoms with Gasteiger partial charge in [-0.3, -0.25) is 4.79 Å². The molecule has 0 aliphatic carbocycles. The van der Waals surface area contributed by atoms with Crippen molar-refractivity contribution in [2.45, 2.75) is 45.1 Å². The summed E-state index contributed by atoms with van der Waals surface area (Å²) in [5.74, 6) is 0.459. The van der Waals surface area contributed by atoms with E-state index in [1.807, 2.05) is 12.1 Å². The lowest BCUT2D eigenvalue weighted by Gasteiger charge is -2.24. The van der Waals surface area contributed by atoms with Crippen LogP contribution in [0.25, 0.3) is 0 Å². The molecule has 20 heavy (non-hydrogen) atoms. The van der Waals surface area contributed by atoms with Gasteiger partial charge in [-0.1, -0.05) is 26.0 Å². The lowest BCUT2D eigenvalue weighted by molar-refractivity contribution is -0.144. The number of hydrogen-bond donors (Lipinski definition) is 2. The molecule has 0 aliphatic rings. The van der Waals surface area contributed by atoms with Crippen LogP contribution in [0.4, 0.5) is 0 Å². The van der Waals surface area contributed by atoms with Crippen molar-refractivity contribution in [2.75, 3.05) is 13.7 Å². The van der Waals surface area contributed by atoms with Crippen molar-refractivity contribution in [3.05, 3.63) is 29.8 Å². The minimum atomic E-state index is -0.948. The lowest BCUT2D eigenvalue weighted by Crippen LogP contribution is -2.48. The van der Waals surface area contributed by atoms with Gasteiger partial charge in [-0.05, 0) is 44.0 Å². The first-order valence-electron chi connectivity index (χ1n) is 7.08. The Kier molecular flexibility index (Phi) is 6.02. The van der Waals surface area contributed by atoms with Crippen LogP contribution in [-0.4, -0.2) is 30.3 Å². The van der Waals surface area contributed by atoms with Gasteiger partial charge in [0.2, 0.25) is 0 Å². The molecule has 0 saturated heterocycles. The SMILES string of the molecule is CCC(C)c1ccc(OCCC(C)(NC)C(=O)O)cc1. The third-order valence-electron chi connectivity index (χ3n) is 3.96. The highest BCUT2D eigenvalue weighted by Crippen LogP contribution is 2.22. The summed E-state index contributed by atoms with van der Waals surface area (Å²) >= 11 is 0. The third kappa shape index (κ3) is 4.23. The van der Waals surface area contributed by atoms with Gasteiger partial charge in [0.15, 0.2) is 0 Å². The number of rotatable bonds is 8. The summed E-state index contributed by atoms with van der Waals surface area (Å²) in [5.41, 5.74) is 0.349. The Morgan fingerprint density at radius 1 is 1.40 bits per heavy atom. The summed E-state index contributed by atoms with van der Waals surface area (Å²) in [6, 6.07) is 8.02. The van der Waals surface area contributed by atoms with Gasteiger partial charge in [0.25, 0.3) is 0 Å². The zero-order valence-electron chi connectivity index (χ0n) is 12.8. The predicted molar refractivity (Wildman–Crippen MR) is 80.4 cm³/mol. The standard InChI is InChI=1S/C16H25NO3/c1-5-12(2)13-6-8-14(9-7-13)20-11-10-16(3,17-4)15(18)19/h6-9,12,17H,5,10-11H2,1-4H3,(H,18,19). The molecule has 0 bridgehead atoms. The van der Waals surface area contributed by atoms with Gasteiger partial charge >= 0.3 is 5.97 Å². The fourth-order valence-electron chi connectivity index (χ4n) is 1.84. The minimum Gasteiger partial charge on any atom is -0.494 e. The first-order chi connectivity index (χ1) is 9.42. The molecular weight excluding hydrogens is 254 g/mol. The summed E-state index contributed by atoms with van der Waals surface area (Å²) < 4.78 is 5.62. The molecule has 0 radical (unpaired) electrons. The molecule has 4 nitrogen and oxygen atoms in total. The van der Waals surface area contributed by atoms with Crippen LogP contribution in [0.5, 0.6) is 5.75 Å². The van der Waals surface area contributed by atoms with Crippen LogP contribution in [0.15, 0.2) is 24.3 Å². The molecule has 0 aliphatic heterocycles. The number of hydrogen-bond acceptors (Lipinski definition) is 3. The molecule has 4 heteroatoms. The largest absolute Gasteiger partial charge is 0.494 e. The smallest absolute Gasteiger partial charge is 0.323 e. The number of ether oxygens (including phenoxy) is 1. The minimum absolute atomic E-state index is 0.367. The quantitative estimate of drug-likeness (QED) is 0.768. The molecule has 0 spiro atoms. The first-order valence-corrected chi connectivity index (χ1v) is 7.08. The normalized spacial score (nSPS) is 15.4. The highest BCUT2D eigenvalue weighted by Gasteiger charge is 2.30. The molecule has 1 aromatic carbocycles. The molecule has 0 saturated carbocycles. The Balaban J connectivity index is 2.52. The zero-order chi connectivity index (χ0) is 15.2. The highest BCUT2D eigenvalue weighted by atomic mass is 16.5. The number of aliphatic carboxylic acids is 1. The van der Waals surface area contributed by atoms with Crippen molar-refractivity contribution >= 4 is 5.97 Å². The van der Waals surface area contributed by atoms with Crippen molar-refractivity contribution in [1.29, 1.82) is 0 Å². The molecule has 2 atom stereocenters. The topological polar surface area (TPSA) is 58.6 Å². The van der Waals surface area contributed by atoms with Crippen molar-refractivity contribution < 1.29 is 14.6 Å². The van der Waals surface area contributed by atoms with Crippen LogP contribution in [0.2, 0.25) is 0 Å². The van der Waals surface area contributed by atoms with Gasteiger partial charge < -0.3 is 15.2 Å². The van der Waals surface area contributed by atoms with E-state index >= 15 is 0 Å². The molecule has 0 fully saturated rings. The van der Waals surface area contributed by atoms with Gasteiger partial charge in [-0.15, -0.1) is 0 Å². The Labute approximate surface area is 121 Å². The molecule has 0 heterocycles. The summed E-state index contributed by atoms with van der Waals surface area (Å²) in [4.78, 5) is 11.1. The molecule has 2 N–H and O–H groups in total. The summed E-state index contributed by atoms with van der Waals surface area (Å²) in [6.45, 7) is 6.39. The zero-order valence-corrected chi connectivity index (χ0v) is 12.8. The van der Waals surface area contributed by atoms with Crippen molar-refractivity contribution in [3.8, 4) is 5.75 Å². The van der Waals surface area contributed by atoms with Crippen molar-refractivity contribution in [3.63, 3.8) is 0 Å². The number of nitrogens with one attached hydrogen (secondary N) is 1. The van der Waals surface area contributed by atoms with Crippen LogP contribution >= 0.6 is 0 Å². The maximum absolute atomic E-state index is 11.1. The third-order valence-corrected chi connectivity index (χ3v) is 3.96. The van der Waals surface area contributed by atoms with Crippen LogP contribution in [0, 0.1) is 0 Å². The Bertz CT molecular complexity index is 430. The molecule has 112 valence electrons. The predicted octanol–water partition coefficient (Wildman–Crippen LogP) is 3.03. The van der Waals surface area contributed by atoms with E-state index in [0.29, 0.717) is 18.9 Å². The maximum Gasteiger partial charge on any atom is 0.323 e.